The molecule has 5 heteroatoms. The molecule has 3 nitrogen and oxygen atoms in total. The van der Waals surface area contributed by atoms with Gasteiger partial charge in [-0.15, -0.1) is 0 Å². The fraction of sp³-hybridized carbons (Fsp3) is 0. The summed E-state index contributed by atoms with van der Waals surface area (Å²) >= 11 is 9.90. The Morgan fingerprint density at radius 3 is 2.38 bits per heavy atom. The molecule has 0 saturated carbocycles. The lowest BCUT2D eigenvalue weighted by molar-refractivity contribution is 0.125. The van der Waals surface area contributed by atoms with Gasteiger partial charge in [0.15, 0.2) is 0 Å². The number of rotatable bonds is 1. The van der Waals surface area contributed by atoms with E-state index in [0.717, 1.165) is 5.54 Å². The second-order valence-corrected chi connectivity index (χ2v) is 1.37. The van der Waals surface area contributed by atoms with E-state index >= 15 is 0 Å². The molecular formula is C3H2Cl2O3. The molecule has 0 aliphatic heterocycles. The molecule has 0 amide bonds. The van der Waals surface area contributed by atoms with E-state index in [1.165, 1.54) is 0 Å². The predicted octanol–water partition coefficient (Wildman–Crippen LogP) is 1.96. The molecule has 0 spiro atoms. The third-order valence-corrected chi connectivity index (χ3v) is 0.767. The largest absolute Gasteiger partial charge is 0.512 e. The average molecular weight is 157 g/mol. The monoisotopic (exact) mass is 156 g/mol. The Hall–Kier alpha value is -0.410. The van der Waals surface area contributed by atoms with Crippen molar-refractivity contribution in [3.05, 3.63) is 10.8 Å². The van der Waals surface area contributed by atoms with Crippen molar-refractivity contribution in [1.29, 1.82) is 0 Å². The number of hydrogen-bond donors (Lipinski definition) is 1. The van der Waals surface area contributed by atoms with E-state index in [1.54, 1.807) is 0 Å². The standard InChI is InChI=1S/C3H2Cl2O3/c4-1-2(5)8-3(6)7/h1H,(H,6,7). The van der Waals surface area contributed by atoms with E-state index in [9.17, 15) is 4.79 Å². The summed E-state index contributed by atoms with van der Waals surface area (Å²) in [7, 11) is 0. The minimum Gasteiger partial charge on any atom is -0.449 e. The third-order valence-electron chi connectivity index (χ3n) is 0.271. The van der Waals surface area contributed by atoms with Crippen molar-refractivity contribution in [2.45, 2.75) is 0 Å². The lowest BCUT2D eigenvalue weighted by Crippen LogP contribution is -1.94. The van der Waals surface area contributed by atoms with Crippen molar-refractivity contribution in [3.8, 4) is 0 Å². The summed E-state index contributed by atoms with van der Waals surface area (Å²) in [5.74, 6) is 0. The fourth-order valence-corrected chi connectivity index (χ4v) is 0.216. The number of carboxylic acid groups (broad SMARTS) is 1. The highest BCUT2D eigenvalue weighted by Crippen LogP contribution is 2.03. The highest BCUT2D eigenvalue weighted by molar-refractivity contribution is 6.35. The summed E-state index contributed by atoms with van der Waals surface area (Å²) in [6, 6.07) is 0. The molecule has 0 aromatic rings. The Morgan fingerprint density at radius 2 is 2.25 bits per heavy atom. The van der Waals surface area contributed by atoms with Gasteiger partial charge in [0.05, 0.1) is 5.54 Å². The highest BCUT2D eigenvalue weighted by atomic mass is 35.5. The van der Waals surface area contributed by atoms with Crippen LogP contribution in [0.15, 0.2) is 10.8 Å². The Labute approximate surface area is 55.5 Å². The molecule has 0 aliphatic rings. The quantitative estimate of drug-likeness (QED) is 0.467. The Bertz CT molecular complexity index is 120. The van der Waals surface area contributed by atoms with Crippen LogP contribution in [0.5, 0.6) is 0 Å². The van der Waals surface area contributed by atoms with Gasteiger partial charge in [-0.1, -0.05) is 11.6 Å². The highest BCUT2D eigenvalue weighted by Gasteiger charge is 1.97. The second-order valence-electron chi connectivity index (χ2n) is 0.781. The summed E-state index contributed by atoms with van der Waals surface area (Å²) < 4.78 is 3.81. The molecule has 0 rings (SSSR count). The molecule has 0 aromatic carbocycles. The molecule has 8 heavy (non-hydrogen) atoms. The Kier molecular flexibility index (Phi) is 3.39. The zero-order chi connectivity index (χ0) is 6.57. The van der Waals surface area contributed by atoms with Gasteiger partial charge in [-0.25, -0.2) is 4.79 Å². The maximum absolute atomic E-state index is 9.56. The van der Waals surface area contributed by atoms with Gasteiger partial charge >= 0.3 is 6.16 Å². The van der Waals surface area contributed by atoms with Crippen LogP contribution in [-0.4, -0.2) is 11.3 Å². The maximum Gasteiger partial charge on any atom is 0.512 e. The predicted molar refractivity (Wildman–Crippen MR) is 28.9 cm³/mol. The van der Waals surface area contributed by atoms with Crippen LogP contribution in [0, 0.1) is 0 Å². The van der Waals surface area contributed by atoms with Crippen LogP contribution in [0.1, 0.15) is 0 Å². The van der Waals surface area contributed by atoms with Crippen LogP contribution in [0.25, 0.3) is 0 Å². The summed E-state index contributed by atoms with van der Waals surface area (Å²) in [6.45, 7) is 0. The Balaban J connectivity index is 3.56. The fourth-order valence-electron chi connectivity index (χ4n) is 0.106. The van der Waals surface area contributed by atoms with Crippen molar-refractivity contribution in [2.24, 2.45) is 0 Å². The Morgan fingerprint density at radius 1 is 1.75 bits per heavy atom. The van der Waals surface area contributed by atoms with Crippen LogP contribution in [0.3, 0.4) is 0 Å². The van der Waals surface area contributed by atoms with E-state index in [-0.39, 0.29) is 5.22 Å². The second kappa shape index (κ2) is 3.57. The lowest BCUT2D eigenvalue weighted by atomic mass is 11.1. The van der Waals surface area contributed by atoms with E-state index in [1.807, 2.05) is 0 Å². The zero-order valence-corrected chi connectivity index (χ0v) is 5.11. The van der Waals surface area contributed by atoms with Gasteiger partial charge in [0, 0.05) is 0 Å². The normalized spacial score (nSPS) is 11.0. The van der Waals surface area contributed by atoms with Gasteiger partial charge in [-0.05, 0) is 11.6 Å². The molecule has 0 heterocycles. The molecule has 0 unspecified atom stereocenters. The SMILES string of the molecule is O=C(O)OC(Cl)=CCl. The van der Waals surface area contributed by atoms with Gasteiger partial charge in [0.2, 0.25) is 5.22 Å². The first-order valence-electron chi connectivity index (χ1n) is 1.53. The first kappa shape index (κ1) is 7.59. The van der Waals surface area contributed by atoms with Gasteiger partial charge in [-0.3, -0.25) is 0 Å². The number of ether oxygens (including phenoxy) is 1. The summed E-state index contributed by atoms with van der Waals surface area (Å²) in [5.41, 5.74) is 0.815. The zero-order valence-electron chi connectivity index (χ0n) is 3.60. The van der Waals surface area contributed by atoms with Crippen LogP contribution in [0.2, 0.25) is 0 Å². The molecule has 0 bridgehead atoms. The molecule has 0 fully saturated rings. The molecule has 0 aliphatic carbocycles. The average Bonchev–Trinajstić information content (AvgIpc) is 1.65. The molecule has 0 radical (unpaired) electrons. The van der Waals surface area contributed by atoms with Gasteiger partial charge in [-0.2, -0.15) is 0 Å². The summed E-state index contributed by atoms with van der Waals surface area (Å²) in [6.07, 6.45) is -1.48. The topological polar surface area (TPSA) is 46.5 Å². The van der Waals surface area contributed by atoms with Crippen molar-refractivity contribution in [2.75, 3.05) is 0 Å². The van der Waals surface area contributed by atoms with Gasteiger partial charge in [0.25, 0.3) is 0 Å². The molecule has 1 N–H and O–H groups in total. The minimum atomic E-state index is -1.48. The molecule has 0 atom stereocenters. The number of hydrogen-bond acceptors (Lipinski definition) is 2. The van der Waals surface area contributed by atoms with Crippen molar-refractivity contribution < 1.29 is 14.6 Å². The van der Waals surface area contributed by atoms with Crippen molar-refractivity contribution >= 4 is 29.4 Å². The van der Waals surface area contributed by atoms with E-state index < -0.39 is 6.16 Å². The van der Waals surface area contributed by atoms with Crippen LogP contribution < -0.4 is 0 Å². The van der Waals surface area contributed by atoms with Crippen molar-refractivity contribution in [1.82, 2.24) is 0 Å². The van der Waals surface area contributed by atoms with Gasteiger partial charge < -0.3 is 9.84 Å². The maximum atomic E-state index is 9.56. The first-order valence-corrected chi connectivity index (χ1v) is 2.35. The molecule has 46 valence electrons. The minimum absolute atomic E-state index is 0.362. The van der Waals surface area contributed by atoms with Gasteiger partial charge in [0.1, 0.15) is 0 Å². The van der Waals surface area contributed by atoms with Crippen molar-refractivity contribution in [3.63, 3.8) is 0 Å². The van der Waals surface area contributed by atoms with Crippen LogP contribution in [-0.2, 0) is 4.74 Å². The number of halogens is 2. The molecule has 0 aromatic heterocycles. The third kappa shape index (κ3) is 3.77. The lowest BCUT2D eigenvalue weighted by Gasteiger charge is -1.90. The van der Waals surface area contributed by atoms with Crippen LogP contribution >= 0.6 is 23.2 Å². The molecule has 0 saturated heterocycles. The summed E-state index contributed by atoms with van der Waals surface area (Å²) in [4.78, 5) is 9.56. The number of carbonyl (C=O) groups is 1. The first-order chi connectivity index (χ1) is 3.66. The smallest absolute Gasteiger partial charge is 0.449 e. The van der Waals surface area contributed by atoms with E-state index in [2.05, 4.69) is 4.74 Å². The summed E-state index contributed by atoms with van der Waals surface area (Å²) in [5, 5.41) is 7.45. The van der Waals surface area contributed by atoms with E-state index in [4.69, 9.17) is 28.3 Å². The molecular weight excluding hydrogens is 155 g/mol. The van der Waals surface area contributed by atoms with Crippen LogP contribution in [0.4, 0.5) is 4.79 Å². The van der Waals surface area contributed by atoms with E-state index in [0.29, 0.717) is 0 Å².